The van der Waals surface area contributed by atoms with E-state index in [2.05, 4.69) is 9.72 Å². The molecular formula is C14H15F3N2O5. The number of rotatable bonds is 4. The summed E-state index contributed by atoms with van der Waals surface area (Å²) in [5, 5.41) is 9.00. The third-order valence-corrected chi connectivity index (χ3v) is 3.19. The van der Waals surface area contributed by atoms with Crippen LogP contribution >= 0.6 is 0 Å². The molecule has 1 saturated heterocycles. The number of hydrogen-bond donors (Lipinski definition) is 1. The van der Waals surface area contributed by atoms with Crippen molar-refractivity contribution in [3.8, 4) is 5.88 Å². The zero-order valence-corrected chi connectivity index (χ0v) is 12.6. The maximum absolute atomic E-state index is 12.4. The summed E-state index contributed by atoms with van der Waals surface area (Å²) in [6.45, 7) is 0.246. The third-order valence-electron chi connectivity index (χ3n) is 3.19. The number of morpholine rings is 1. The molecule has 1 aliphatic rings. The molecule has 1 amide bonds. The van der Waals surface area contributed by atoms with Crippen molar-refractivity contribution in [1.29, 1.82) is 0 Å². The number of pyridine rings is 1. The van der Waals surface area contributed by atoms with Gasteiger partial charge in [-0.2, -0.15) is 13.2 Å². The van der Waals surface area contributed by atoms with E-state index in [-0.39, 0.29) is 24.5 Å². The molecule has 0 aliphatic carbocycles. The fraction of sp³-hybridized carbons (Fsp3) is 0.500. The maximum atomic E-state index is 12.4. The number of aromatic nitrogens is 1. The number of aliphatic carboxylic acids is 1. The zero-order chi connectivity index (χ0) is 17.9. The molecule has 0 radical (unpaired) electrons. The van der Waals surface area contributed by atoms with Crippen molar-refractivity contribution in [2.75, 3.05) is 19.7 Å². The first-order chi connectivity index (χ1) is 11.2. The van der Waals surface area contributed by atoms with Gasteiger partial charge in [-0.25, -0.2) is 9.78 Å². The molecule has 0 spiro atoms. The fourth-order valence-electron chi connectivity index (χ4n) is 2.18. The SMILES string of the molecule is C[C@@H]1CN(C(=O)c2ccc(OCC(F)(F)F)nc2)CC(C(=O)O)O1. The number of carboxylic acids is 1. The zero-order valence-electron chi connectivity index (χ0n) is 12.6. The molecule has 24 heavy (non-hydrogen) atoms. The molecule has 132 valence electrons. The Balaban J connectivity index is 2.02. The fourth-order valence-corrected chi connectivity index (χ4v) is 2.18. The van der Waals surface area contributed by atoms with Crippen LogP contribution in [0, 0.1) is 0 Å². The van der Waals surface area contributed by atoms with Gasteiger partial charge in [0.05, 0.1) is 18.2 Å². The number of carbonyl (C=O) groups excluding carboxylic acids is 1. The summed E-state index contributed by atoms with van der Waals surface area (Å²) in [6.07, 6.45) is -4.97. The third kappa shape index (κ3) is 4.82. The Morgan fingerprint density at radius 1 is 1.42 bits per heavy atom. The number of hydrogen-bond acceptors (Lipinski definition) is 5. The van der Waals surface area contributed by atoms with Crippen LogP contribution in [0.2, 0.25) is 0 Å². The number of carboxylic acid groups (broad SMARTS) is 1. The van der Waals surface area contributed by atoms with Crippen LogP contribution in [0.25, 0.3) is 0 Å². The molecule has 2 heterocycles. The van der Waals surface area contributed by atoms with Gasteiger partial charge in [-0.05, 0) is 13.0 Å². The normalized spacial score (nSPS) is 21.4. The van der Waals surface area contributed by atoms with Gasteiger partial charge in [-0.15, -0.1) is 0 Å². The van der Waals surface area contributed by atoms with Gasteiger partial charge in [-0.1, -0.05) is 0 Å². The maximum Gasteiger partial charge on any atom is 0.422 e. The molecule has 10 heteroatoms. The van der Waals surface area contributed by atoms with Gasteiger partial charge in [0.25, 0.3) is 5.91 Å². The first kappa shape index (κ1) is 18.0. The van der Waals surface area contributed by atoms with E-state index in [1.54, 1.807) is 6.92 Å². The van der Waals surface area contributed by atoms with Crippen LogP contribution in [-0.4, -0.2) is 64.9 Å². The van der Waals surface area contributed by atoms with Crippen molar-refractivity contribution >= 4 is 11.9 Å². The minimum atomic E-state index is -4.48. The highest BCUT2D eigenvalue weighted by atomic mass is 19.4. The molecular weight excluding hydrogens is 333 g/mol. The lowest BCUT2D eigenvalue weighted by Crippen LogP contribution is -2.51. The number of carbonyl (C=O) groups is 2. The lowest BCUT2D eigenvalue weighted by Gasteiger charge is -2.34. The van der Waals surface area contributed by atoms with Crippen LogP contribution in [0.5, 0.6) is 5.88 Å². The van der Waals surface area contributed by atoms with Gasteiger partial charge >= 0.3 is 12.1 Å². The molecule has 1 fully saturated rings. The van der Waals surface area contributed by atoms with Crippen LogP contribution in [0.15, 0.2) is 18.3 Å². The Kier molecular flexibility index (Phi) is 5.27. The van der Waals surface area contributed by atoms with Crippen LogP contribution in [-0.2, 0) is 9.53 Å². The van der Waals surface area contributed by atoms with Crippen LogP contribution < -0.4 is 4.74 Å². The van der Waals surface area contributed by atoms with E-state index < -0.39 is 36.9 Å². The Morgan fingerprint density at radius 3 is 2.67 bits per heavy atom. The molecule has 7 nitrogen and oxygen atoms in total. The van der Waals surface area contributed by atoms with Gasteiger partial charge in [0.2, 0.25) is 5.88 Å². The summed E-state index contributed by atoms with van der Waals surface area (Å²) in [5.41, 5.74) is 0.118. The van der Waals surface area contributed by atoms with E-state index in [0.717, 1.165) is 12.3 Å². The predicted molar refractivity (Wildman–Crippen MR) is 73.7 cm³/mol. The molecule has 1 unspecified atom stereocenters. The summed E-state index contributed by atoms with van der Waals surface area (Å²) < 4.78 is 45.8. The van der Waals surface area contributed by atoms with Crippen LogP contribution in [0.3, 0.4) is 0 Å². The second-order valence-electron chi connectivity index (χ2n) is 5.27. The highest BCUT2D eigenvalue weighted by Gasteiger charge is 2.33. The molecule has 0 saturated carbocycles. The van der Waals surface area contributed by atoms with Crippen molar-refractivity contribution in [3.05, 3.63) is 23.9 Å². The summed E-state index contributed by atoms with van der Waals surface area (Å²) in [4.78, 5) is 28.3. The molecule has 0 bridgehead atoms. The lowest BCUT2D eigenvalue weighted by molar-refractivity contribution is -0.160. The van der Waals surface area contributed by atoms with Crippen LogP contribution in [0.1, 0.15) is 17.3 Å². The van der Waals surface area contributed by atoms with E-state index in [4.69, 9.17) is 9.84 Å². The largest absolute Gasteiger partial charge is 0.479 e. The summed E-state index contributed by atoms with van der Waals surface area (Å²) in [7, 11) is 0. The quantitative estimate of drug-likeness (QED) is 0.883. The Labute approximate surface area is 135 Å². The number of nitrogens with zero attached hydrogens (tertiary/aromatic N) is 2. The number of ether oxygens (including phenoxy) is 2. The lowest BCUT2D eigenvalue weighted by atomic mass is 10.1. The Bertz CT molecular complexity index is 605. The van der Waals surface area contributed by atoms with Crippen molar-refractivity contribution < 1.29 is 37.3 Å². The van der Waals surface area contributed by atoms with Gasteiger partial charge in [0.15, 0.2) is 12.7 Å². The van der Waals surface area contributed by atoms with E-state index in [0.29, 0.717) is 0 Å². The monoisotopic (exact) mass is 348 g/mol. The summed E-state index contributed by atoms with van der Waals surface area (Å²) in [5.74, 6) is -1.91. The van der Waals surface area contributed by atoms with E-state index in [1.807, 2.05) is 0 Å². The smallest absolute Gasteiger partial charge is 0.422 e. The number of alkyl halides is 3. The summed E-state index contributed by atoms with van der Waals surface area (Å²) >= 11 is 0. The first-order valence-corrected chi connectivity index (χ1v) is 6.99. The van der Waals surface area contributed by atoms with Gasteiger partial charge in [0, 0.05) is 18.8 Å². The second kappa shape index (κ2) is 7.04. The van der Waals surface area contributed by atoms with Crippen molar-refractivity contribution in [2.45, 2.75) is 25.3 Å². The molecule has 0 aromatic carbocycles. The first-order valence-electron chi connectivity index (χ1n) is 6.99. The Hall–Kier alpha value is -2.36. The van der Waals surface area contributed by atoms with E-state index in [9.17, 15) is 22.8 Å². The Morgan fingerprint density at radius 2 is 2.12 bits per heavy atom. The molecule has 1 aliphatic heterocycles. The minimum absolute atomic E-state index is 0.118. The average Bonchev–Trinajstić information content (AvgIpc) is 2.51. The van der Waals surface area contributed by atoms with Crippen molar-refractivity contribution in [1.82, 2.24) is 9.88 Å². The highest BCUT2D eigenvalue weighted by Crippen LogP contribution is 2.18. The highest BCUT2D eigenvalue weighted by molar-refractivity contribution is 5.94. The van der Waals surface area contributed by atoms with Crippen LogP contribution in [0.4, 0.5) is 13.2 Å². The second-order valence-corrected chi connectivity index (χ2v) is 5.27. The van der Waals surface area contributed by atoms with Gasteiger partial charge < -0.3 is 19.5 Å². The van der Waals surface area contributed by atoms with Gasteiger partial charge in [0.1, 0.15) is 0 Å². The predicted octanol–water partition coefficient (Wildman–Crippen LogP) is 1.34. The minimum Gasteiger partial charge on any atom is -0.479 e. The van der Waals surface area contributed by atoms with E-state index >= 15 is 0 Å². The molecule has 2 atom stereocenters. The standard InChI is InChI=1S/C14H15F3N2O5/c1-8-5-19(6-10(24-8)13(21)22)12(20)9-2-3-11(18-4-9)23-7-14(15,16)17/h2-4,8,10H,5-7H2,1H3,(H,21,22)/t8-,10?/m1/s1. The molecule has 1 aromatic heterocycles. The van der Waals surface area contributed by atoms with E-state index in [1.165, 1.54) is 11.0 Å². The number of amides is 1. The average molecular weight is 348 g/mol. The summed E-state index contributed by atoms with van der Waals surface area (Å²) in [6, 6.07) is 2.43. The topological polar surface area (TPSA) is 89.0 Å². The molecule has 1 aromatic rings. The van der Waals surface area contributed by atoms with Crippen molar-refractivity contribution in [3.63, 3.8) is 0 Å². The molecule has 2 rings (SSSR count). The van der Waals surface area contributed by atoms with Crippen molar-refractivity contribution in [2.24, 2.45) is 0 Å². The molecule has 1 N–H and O–H groups in total. The number of halogens is 3. The van der Waals surface area contributed by atoms with Gasteiger partial charge in [-0.3, -0.25) is 4.79 Å².